The summed E-state index contributed by atoms with van der Waals surface area (Å²) < 4.78 is 5.04. The number of nitrogens with one attached hydrogen (secondary N) is 1. The van der Waals surface area contributed by atoms with Gasteiger partial charge in [-0.05, 0) is 20.8 Å². The maximum Gasteiger partial charge on any atom is 0.325 e. The average molecular weight is 223 g/mol. The summed E-state index contributed by atoms with van der Waals surface area (Å²) in [5, 5.41) is 6.08. The second kappa shape index (κ2) is 3.62. The van der Waals surface area contributed by atoms with Gasteiger partial charge in [0.1, 0.15) is 12.3 Å². The summed E-state index contributed by atoms with van der Waals surface area (Å²) >= 11 is 0. The van der Waals surface area contributed by atoms with Crippen LogP contribution < -0.4 is 5.32 Å². The van der Waals surface area contributed by atoms with E-state index in [4.69, 9.17) is 4.52 Å². The van der Waals surface area contributed by atoms with Gasteiger partial charge in [-0.15, -0.1) is 0 Å². The highest BCUT2D eigenvalue weighted by Crippen LogP contribution is 2.27. The second-order valence-corrected chi connectivity index (χ2v) is 3.90. The Balaban J connectivity index is 2.29. The molecule has 0 saturated carbocycles. The minimum Gasteiger partial charge on any atom is -0.361 e. The number of amides is 3. The molecule has 6 nitrogen and oxygen atoms in total. The zero-order valence-corrected chi connectivity index (χ0v) is 9.40. The van der Waals surface area contributed by atoms with Crippen LogP contribution in [0.1, 0.15) is 30.0 Å². The zero-order valence-electron chi connectivity index (χ0n) is 9.40. The van der Waals surface area contributed by atoms with Gasteiger partial charge in [-0.2, -0.15) is 0 Å². The molecule has 16 heavy (non-hydrogen) atoms. The summed E-state index contributed by atoms with van der Waals surface area (Å²) in [6.07, 6.45) is 0. The van der Waals surface area contributed by atoms with E-state index >= 15 is 0 Å². The number of aromatic nitrogens is 1. The molecule has 6 heteroatoms. The van der Waals surface area contributed by atoms with Gasteiger partial charge >= 0.3 is 6.03 Å². The Hall–Kier alpha value is -1.85. The summed E-state index contributed by atoms with van der Waals surface area (Å²) in [5.74, 6) is 0.403. The van der Waals surface area contributed by atoms with Crippen LogP contribution in [0.25, 0.3) is 0 Å². The molecule has 3 amide bonds. The van der Waals surface area contributed by atoms with E-state index in [1.165, 1.54) is 4.90 Å². The van der Waals surface area contributed by atoms with E-state index in [1.807, 2.05) is 13.8 Å². The lowest BCUT2D eigenvalue weighted by molar-refractivity contribution is -0.118. The topological polar surface area (TPSA) is 75.4 Å². The summed E-state index contributed by atoms with van der Waals surface area (Å²) in [4.78, 5) is 24.0. The number of hydrogen-bond acceptors (Lipinski definition) is 4. The molecule has 1 N–H and O–H groups in total. The standard InChI is InChI=1S/C10H13N3O3/c1-5-9(7(3)16-12-5)6(2)13-4-8(14)11-10(13)15/h6H,4H2,1-3H3,(H,11,14,15). The molecule has 1 fully saturated rings. The van der Waals surface area contributed by atoms with Crippen LogP contribution in [0.2, 0.25) is 0 Å². The van der Waals surface area contributed by atoms with Crippen molar-refractivity contribution in [3.63, 3.8) is 0 Å². The highest BCUT2D eigenvalue weighted by atomic mass is 16.5. The molecule has 1 unspecified atom stereocenters. The van der Waals surface area contributed by atoms with Crippen molar-refractivity contribution in [2.24, 2.45) is 0 Å². The van der Waals surface area contributed by atoms with Gasteiger partial charge in [0.05, 0.1) is 11.7 Å². The Kier molecular flexibility index (Phi) is 2.41. The van der Waals surface area contributed by atoms with Crippen LogP contribution in [0, 0.1) is 13.8 Å². The van der Waals surface area contributed by atoms with Crippen LogP contribution in [0.15, 0.2) is 4.52 Å². The van der Waals surface area contributed by atoms with E-state index in [0.29, 0.717) is 5.76 Å². The molecule has 1 atom stereocenters. The molecule has 0 radical (unpaired) electrons. The monoisotopic (exact) mass is 223 g/mol. The van der Waals surface area contributed by atoms with Crippen molar-refractivity contribution in [3.8, 4) is 0 Å². The van der Waals surface area contributed by atoms with E-state index in [1.54, 1.807) is 6.92 Å². The quantitative estimate of drug-likeness (QED) is 0.756. The summed E-state index contributed by atoms with van der Waals surface area (Å²) in [5.41, 5.74) is 1.61. The lowest BCUT2D eigenvalue weighted by atomic mass is 10.1. The van der Waals surface area contributed by atoms with E-state index in [0.717, 1.165) is 11.3 Å². The maximum absolute atomic E-state index is 11.5. The predicted octanol–water partition coefficient (Wildman–Crippen LogP) is 0.904. The molecule has 0 spiro atoms. The Morgan fingerprint density at radius 3 is 2.56 bits per heavy atom. The van der Waals surface area contributed by atoms with Crippen LogP contribution in [0.4, 0.5) is 4.79 Å². The number of aryl methyl sites for hydroxylation is 2. The molecule has 86 valence electrons. The fourth-order valence-electron chi connectivity index (χ4n) is 2.01. The molecule has 1 aromatic heterocycles. The van der Waals surface area contributed by atoms with Crippen molar-refractivity contribution < 1.29 is 14.1 Å². The first-order valence-electron chi connectivity index (χ1n) is 5.04. The van der Waals surface area contributed by atoms with Crippen LogP contribution in [-0.2, 0) is 4.79 Å². The van der Waals surface area contributed by atoms with Gasteiger partial charge in [-0.1, -0.05) is 5.16 Å². The van der Waals surface area contributed by atoms with E-state index in [2.05, 4.69) is 10.5 Å². The lowest BCUT2D eigenvalue weighted by Gasteiger charge is -2.21. The highest BCUT2D eigenvalue weighted by molar-refractivity contribution is 6.02. The number of hydrogen-bond donors (Lipinski definition) is 1. The summed E-state index contributed by atoms with van der Waals surface area (Å²) in [7, 11) is 0. The van der Waals surface area contributed by atoms with Gasteiger partial charge in [-0.3, -0.25) is 10.1 Å². The largest absolute Gasteiger partial charge is 0.361 e. The molecular weight excluding hydrogens is 210 g/mol. The third-order valence-electron chi connectivity index (χ3n) is 2.80. The van der Waals surface area contributed by atoms with E-state index in [9.17, 15) is 9.59 Å². The predicted molar refractivity (Wildman–Crippen MR) is 54.6 cm³/mol. The molecule has 1 aromatic rings. The molecule has 1 saturated heterocycles. The summed E-state index contributed by atoms with van der Waals surface area (Å²) in [6.45, 7) is 5.55. The maximum atomic E-state index is 11.5. The molecule has 0 aromatic carbocycles. The van der Waals surface area contributed by atoms with E-state index in [-0.39, 0.29) is 24.5 Å². The minimum absolute atomic E-state index is 0.0874. The number of carbonyl (C=O) groups excluding carboxylic acids is 2. The Labute approximate surface area is 92.6 Å². The number of nitrogens with zero attached hydrogens (tertiary/aromatic N) is 2. The van der Waals surface area contributed by atoms with Crippen molar-refractivity contribution in [2.45, 2.75) is 26.8 Å². The number of urea groups is 1. The van der Waals surface area contributed by atoms with Gasteiger partial charge in [0, 0.05) is 5.56 Å². The first kappa shape index (κ1) is 10.7. The second-order valence-electron chi connectivity index (χ2n) is 3.90. The van der Waals surface area contributed by atoms with Crippen LogP contribution in [-0.4, -0.2) is 28.5 Å². The average Bonchev–Trinajstić information content (AvgIpc) is 2.70. The van der Waals surface area contributed by atoms with Gasteiger partial charge < -0.3 is 9.42 Å². The highest BCUT2D eigenvalue weighted by Gasteiger charge is 2.33. The van der Waals surface area contributed by atoms with Crippen molar-refractivity contribution in [2.75, 3.05) is 6.54 Å². The number of carbonyl (C=O) groups is 2. The fraction of sp³-hybridized carbons (Fsp3) is 0.500. The molecular formula is C10H13N3O3. The number of imide groups is 1. The van der Waals surface area contributed by atoms with Crippen LogP contribution in [0.3, 0.4) is 0 Å². The molecule has 2 heterocycles. The molecule has 0 aliphatic carbocycles. The number of rotatable bonds is 2. The van der Waals surface area contributed by atoms with Crippen molar-refractivity contribution in [1.29, 1.82) is 0 Å². The van der Waals surface area contributed by atoms with Crippen molar-refractivity contribution >= 4 is 11.9 Å². The normalized spacial score (nSPS) is 17.8. The SMILES string of the molecule is Cc1noc(C)c1C(C)N1CC(=O)NC1=O. The van der Waals surface area contributed by atoms with Crippen molar-refractivity contribution in [3.05, 3.63) is 17.0 Å². The van der Waals surface area contributed by atoms with Gasteiger partial charge in [0.25, 0.3) is 0 Å². The first-order chi connectivity index (χ1) is 7.50. The van der Waals surface area contributed by atoms with Crippen molar-refractivity contribution in [1.82, 2.24) is 15.4 Å². The Morgan fingerprint density at radius 2 is 2.12 bits per heavy atom. The van der Waals surface area contributed by atoms with Crippen LogP contribution in [0.5, 0.6) is 0 Å². The zero-order chi connectivity index (χ0) is 11.9. The van der Waals surface area contributed by atoms with Crippen LogP contribution >= 0.6 is 0 Å². The third-order valence-corrected chi connectivity index (χ3v) is 2.80. The smallest absolute Gasteiger partial charge is 0.325 e. The summed E-state index contributed by atoms with van der Waals surface area (Å²) in [6, 6.07) is -0.574. The van der Waals surface area contributed by atoms with E-state index < -0.39 is 0 Å². The van der Waals surface area contributed by atoms with Gasteiger partial charge in [0.15, 0.2) is 0 Å². The minimum atomic E-state index is -0.363. The molecule has 1 aliphatic heterocycles. The molecule has 1 aliphatic rings. The van der Waals surface area contributed by atoms with Gasteiger partial charge in [-0.25, -0.2) is 4.79 Å². The fourth-order valence-corrected chi connectivity index (χ4v) is 2.01. The Bertz CT molecular complexity index is 433. The molecule has 2 rings (SSSR count). The third kappa shape index (κ3) is 1.56. The Morgan fingerprint density at radius 1 is 1.44 bits per heavy atom. The lowest BCUT2D eigenvalue weighted by Crippen LogP contribution is -2.31. The first-order valence-corrected chi connectivity index (χ1v) is 5.04. The van der Waals surface area contributed by atoms with Gasteiger partial charge in [0.2, 0.25) is 5.91 Å². The molecule has 0 bridgehead atoms.